The van der Waals surface area contributed by atoms with E-state index >= 15 is 0 Å². The van der Waals surface area contributed by atoms with Crippen molar-refractivity contribution in [2.75, 3.05) is 19.9 Å². The minimum absolute atomic E-state index is 0.0956. The zero-order valence-electron chi connectivity index (χ0n) is 18.4. The van der Waals surface area contributed by atoms with E-state index in [4.69, 9.17) is 9.47 Å². The molecule has 174 valence electrons. The van der Waals surface area contributed by atoms with Crippen molar-refractivity contribution in [1.82, 2.24) is 10.2 Å². The number of carbonyl (C=O) groups is 3. The molecule has 1 amide bonds. The predicted octanol–water partition coefficient (Wildman–Crippen LogP) is 2.16. The van der Waals surface area contributed by atoms with Crippen LogP contribution in [0.3, 0.4) is 0 Å². The molecule has 3 atom stereocenters. The third kappa shape index (κ3) is 6.23. The highest BCUT2D eigenvalue weighted by molar-refractivity contribution is 8.03. The molecule has 2 aliphatic heterocycles. The molecule has 8 nitrogen and oxygen atoms in total. The van der Waals surface area contributed by atoms with Crippen molar-refractivity contribution in [3.63, 3.8) is 0 Å². The van der Waals surface area contributed by atoms with Crippen molar-refractivity contribution in [2.24, 2.45) is 11.8 Å². The lowest BCUT2D eigenvalue weighted by molar-refractivity contribution is -0.166. The first-order valence-electron chi connectivity index (χ1n) is 11.3. The summed E-state index contributed by atoms with van der Waals surface area (Å²) in [6, 6.07) is -0.315. The van der Waals surface area contributed by atoms with Crippen LogP contribution in [0.25, 0.3) is 0 Å². The minimum atomic E-state index is -0.674. The largest absolute Gasteiger partial charge is 0.428 e. The normalized spacial score (nSPS) is 25.8. The fourth-order valence-electron chi connectivity index (χ4n) is 4.52. The van der Waals surface area contributed by atoms with Gasteiger partial charge in [-0.15, -0.1) is 11.8 Å². The van der Waals surface area contributed by atoms with E-state index in [1.54, 1.807) is 18.7 Å². The molecule has 1 saturated heterocycles. The van der Waals surface area contributed by atoms with Gasteiger partial charge in [-0.3, -0.25) is 9.59 Å². The second kappa shape index (κ2) is 11.3. The first-order valence-corrected chi connectivity index (χ1v) is 12.1. The Morgan fingerprint density at radius 1 is 1.26 bits per heavy atom. The van der Waals surface area contributed by atoms with Crippen LogP contribution >= 0.6 is 11.8 Å². The molecule has 0 aromatic rings. The Kier molecular flexibility index (Phi) is 8.80. The molecule has 3 aliphatic rings. The molecule has 1 saturated carbocycles. The summed E-state index contributed by atoms with van der Waals surface area (Å²) in [4.78, 5) is 39.0. The van der Waals surface area contributed by atoms with Crippen molar-refractivity contribution >= 4 is 30.1 Å². The average Bonchev–Trinajstić information content (AvgIpc) is 2.96. The highest BCUT2D eigenvalue weighted by Gasteiger charge is 2.43. The van der Waals surface area contributed by atoms with Gasteiger partial charge in [-0.2, -0.15) is 0 Å². The van der Waals surface area contributed by atoms with Crippen molar-refractivity contribution in [3.05, 3.63) is 10.6 Å². The molecule has 2 fully saturated rings. The Hall–Kier alpha value is -1.58. The Morgan fingerprint density at radius 2 is 1.97 bits per heavy atom. The molecule has 3 rings (SSSR count). The Bertz CT molecular complexity index is 687. The number of thioether (sulfide) groups is 1. The fraction of sp³-hybridized carbons (Fsp3) is 0.773. The van der Waals surface area contributed by atoms with Gasteiger partial charge in [0.1, 0.15) is 5.70 Å². The van der Waals surface area contributed by atoms with Crippen LogP contribution in [-0.2, 0) is 23.9 Å². The van der Waals surface area contributed by atoms with Crippen molar-refractivity contribution in [2.45, 2.75) is 76.2 Å². The van der Waals surface area contributed by atoms with E-state index in [1.165, 1.54) is 11.3 Å². The van der Waals surface area contributed by atoms with Gasteiger partial charge in [0, 0.05) is 41.6 Å². The molecule has 0 radical (unpaired) electrons. The molecule has 0 aromatic heterocycles. The molecule has 1 aliphatic carbocycles. The van der Waals surface area contributed by atoms with Crippen LogP contribution < -0.4 is 5.32 Å². The summed E-state index contributed by atoms with van der Waals surface area (Å²) < 4.78 is 10.4. The van der Waals surface area contributed by atoms with Gasteiger partial charge in [-0.05, 0) is 32.1 Å². The maximum Gasteiger partial charge on any atom is 0.358 e. The zero-order chi connectivity index (χ0) is 22.4. The second-order valence-electron chi connectivity index (χ2n) is 8.84. The summed E-state index contributed by atoms with van der Waals surface area (Å²) in [5.74, 6) is -0.779. The quantitative estimate of drug-likeness (QED) is 0.294. The molecule has 0 spiro atoms. The van der Waals surface area contributed by atoms with Gasteiger partial charge in [-0.1, -0.05) is 26.2 Å². The molecule has 3 unspecified atom stereocenters. The molecule has 2 N–H and O–H groups in total. The number of aliphatic hydroxyl groups excluding tert-OH is 1. The molecular weight excluding hydrogens is 420 g/mol. The number of hydrogen-bond acceptors (Lipinski definition) is 8. The number of rotatable bonds is 10. The fourth-order valence-corrected chi connectivity index (χ4v) is 5.95. The van der Waals surface area contributed by atoms with Gasteiger partial charge in [0.05, 0.1) is 6.10 Å². The highest BCUT2D eigenvalue weighted by Crippen LogP contribution is 2.44. The number of hydrogen-bond donors (Lipinski definition) is 2. The predicted molar refractivity (Wildman–Crippen MR) is 117 cm³/mol. The lowest BCUT2D eigenvalue weighted by atomic mass is 9.87. The summed E-state index contributed by atoms with van der Waals surface area (Å²) in [6.45, 7) is 4.84. The van der Waals surface area contributed by atoms with Crippen LogP contribution in [0.2, 0.25) is 0 Å². The summed E-state index contributed by atoms with van der Waals surface area (Å²) in [5, 5.41) is 13.4. The van der Waals surface area contributed by atoms with E-state index in [2.05, 4.69) is 5.32 Å². The van der Waals surface area contributed by atoms with E-state index in [-0.39, 0.29) is 23.6 Å². The molecular formula is C22H34N2O6S. The molecule has 0 aromatic carbocycles. The van der Waals surface area contributed by atoms with E-state index in [1.807, 2.05) is 6.92 Å². The number of amides is 1. The number of nitrogens with one attached hydrogen (secondary N) is 1. The van der Waals surface area contributed by atoms with Crippen LogP contribution in [0.15, 0.2) is 10.6 Å². The van der Waals surface area contributed by atoms with E-state index in [9.17, 15) is 19.5 Å². The van der Waals surface area contributed by atoms with Gasteiger partial charge >= 0.3 is 11.9 Å². The minimum Gasteiger partial charge on any atom is -0.428 e. The standard InChI is InChI=1S/C22H34N2O6S/c1-14(26)8-18-15(2)21(31-17-10-23-11-17)20(24(18)12-25)22(28)30-13-29-19(27)9-16-6-4-3-5-7-16/h12,14-18,23,26H,3-11,13H2,1-2H3. The van der Waals surface area contributed by atoms with Gasteiger partial charge in [0.25, 0.3) is 0 Å². The maximum atomic E-state index is 12.9. The summed E-state index contributed by atoms with van der Waals surface area (Å²) >= 11 is 1.58. The van der Waals surface area contributed by atoms with E-state index < -0.39 is 18.9 Å². The lowest BCUT2D eigenvalue weighted by Gasteiger charge is -2.29. The summed E-state index contributed by atoms with van der Waals surface area (Å²) in [6.07, 6.45) is 6.31. The number of nitrogens with zero attached hydrogens (tertiary/aromatic N) is 1. The molecule has 31 heavy (non-hydrogen) atoms. The van der Waals surface area contributed by atoms with Crippen LogP contribution in [0, 0.1) is 11.8 Å². The Balaban J connectivity index is 1.61. The van der Waals surface area contributed by atoms with E-state index in [0.717, 1.165) is 43.7 Å². The lowest BCUT2D eigenvalue weighted by Crippen LogP contribution is -2.44. The maximum absolute atomic E-state index is 12.9. The van der Waals surface area contributed by atoms with Crippen molar-refractivity contribution in [1.29, 1.82) is 0 Å². The van der Waals surface area contributed by atoms with Crippen LogP contribution in [0.5, 0.6) is 0 Å². The number of esters is 2. The second-order valence-corrected chi connectivity index (χ2v) is 10.2. The zero-order valence-corrected chi connectivity index (χ0v) is 19.2. The molecule has 9 heteroatoms. The molecule has 2 heterocycles. The number of aliphatic hydroxyl groups is 1. The Labute approximate surface area is 188 Å². The topological polar surface area (TPSA) is 105 Å². The number of carbonyl (C=O) groups excluding carboxylic acids is 3. The van der Waals surface area contributed by atoms with Crippen LogP contribution in [-0.4, -0.2) is 65.6 Å². The van der Waals surface area contributed by atoms with Crippen LogP contribution in [0.1, 0.15) is 58.8 Å². The van der Waals surface area contributed by atoms with Gasteiger partial charge in [0.15, 0.2) is 0 Å². The monoisotopic (exact) mass is 454 g/mol. The van der Waals surface area contributed by atoms with E-state index in [0.29, 0.717) is 30.4 Å². The van der Waals surface area contributed by atoms with Gasteiger partial charge in [0.2, 0.25) is 13.2 Å². The van der Waals surface area contributed by atoms with Crippen molar-refractivity contribution < 1.29 is 29.0 Å². The van der Waals surface area contributed by atoms with Gasteiger partial charge in [-0.25, -0.2) is 4.79 Å². The number of ether oxygens (including phenoxy) is 2. The third-order valence-corrected chi connectivity index (χ3v) is 7.84. The average molecular weight is 455 g/mol. The first kappa shape index (κ1) is 24.1. The Morgan fingerprint density at radius 3 is 2.55 bits per heavy atom. The third-order valence-electron chi connectivity index (χ3n) is 6.36. The van der Waals surface area contributed by atoms with Crippen molar-refractivity contribution in [3.8, 4) is 0 Å². The summed E-state index contributed by atoms with van der Waals surface area (Å²) in [7, 11) is 0. The smallest absolute Gasteiger partial charge is 0.358 e. The highest BCUT2D eigenvalue weighted by atomic mass is 32.2. The molecule has 0 bridgehead atoms. The van der Waals surface area contributed by atoms with Gasteiger partial charge < -0.3 is 24.8 Å². The SMILES string of the molecule is CC(O)CC1C(C)C(SC2CNC2)=C(C(=O)OCOC(=O)CC2CCCCC2)N1C=O. The first-order chi connectivity index (χ1) is 14.9. The van der Waals surface area contributed by atoms with Crippen LogP contribution in [0.4, 0.5) is 0 Å². The summed E-state index contributed by atoms with van der Waals surface area (Å²) in [5.41, 5.74) is 0.202.